The topological polar surface area (TPSA) is 43.2 Å². The molecule has 0 saturated carbocycles. The van der Waals surface area contributed by atoms with Crippen molar-refractivity contribution in [2.45, 2.75) is 0 Å². The average Bonchev–Trinajstić information content (AvgIpc) is 0.796. The van der Waals surface area contributed by atoms with Crippen LogP contribution >= 0.6 is 0 Å². The molecular formula is C116H91N7. The van der Waals surface area contributed by atoms with E-state index in [0.717, 1.165) is 79.6 Å². The largest absolute Gasteiger partial charge is 0.345 e. The van der Waals surface area contributed by atoms with E-state index in [1.54, 1.807) is 0 Å². The summed E-state index contributed by atoms with van der Waals surface area (Å²) >= 11 is 0. The Bertz CT molecular complexity index is 6440. The third kappa shape index (κ3) is 18.7. The van der Waals surface area contributed by atoms with Gasteiger partial charge in [-0.05, 0) is 254 Å². The molecule has 19 rings (SSSR count). The molecule has 0 unspecified atom stereocenters. The highest BCUT2D eigenvalue weighted by Gasteiger charge is 2.21. The summed E-state index contributed by atoms with van der Waals surface area (Å²) in [7, 11) is 6.27. The van der Waals surface area contributed by atoms with E-state index in [1.165, 1.54) is 83.2 Å². The summed E-state index contributed by atoms with van der Waals surface area (Å²) in [5.74, 6) is 0. The number of nitrogens with zero attached hydrogens (tertiary/aromatic N) is 7. The second kappa shape index (κ2) is 38.0. The van der Waals surface area contributed by atoms with Crippen molar-refractivity contribution in [3.05, 3.63) is 503 Å². The fourth-order valence-electron chi connectivity index (χ4n) is 15.9. The zero-order chi connectivity index (χ0) is 83.5. The normalized spacial score (nSPS) is 10.7. The minimum absolute atomic E-state index is 0.648. The molecule has 0 N–H and O–H groups in total. The first kappa shape index (κ1) is 79.2. The van der Waals surface area contributed by atoms with Gasteiger partial charge in [-0.25, -0.2) is 0 Å². The first-order chi connectivity index (χ1) is 60.7. The number of para-hydroxylation sites is 1. The second-order valence-corrected chi connectivity index (χ2v) is 30.2. The van der Waals surface area contributed by atoms with Crippen LogP contribution in [-0.2, 0) is 0 Å². The minimum Gasteiger partial charge on any atom is -0.345 e. The summed E-state index contributed by atoms with van der Waals surface area (Å²) in [6.45, 7) is 0. The summed E-state index contributed by atoms with van der Waals surface area (Å²) in [5.41, 5.74) is 31.5. The van der Waals surface area contributed by atoms with Crippen LogP contribution in [0.3, 0.4) is 0 Å². The highest BCUT2D eigenvalue weighted by atomic mass is 15.2. The number of hydrogen-bond acceptors (Lipinski definition) is 7. The predicted molar refractivity (Wildman–Crippen MR) is 522 cm³/mol. The van der Waals surface area contributed by atoms with Crippen molar-refractivity contribution in [1.82, 2.24) is 0 Å². The summed E-state index contributed by atoms with van der Waals surface area (Å²) < 4.78 is 0. The van der Waals surface area contributed by atoms with Crippen LogP contribution in [0.4, 0.5) is 85.3 Å². The third-order valence-corrected chi connectivity index (χ3v) is 22.4. The molecule has 0 aliphatic carbocycles. The van der Waals surface area contributed by atoms with Gasteiger partial charge in [0.1, 0.15) is 0 Å². The zero-order valence-corrected chi connectivity index (χ0v) is 69.0. The summed E-state index contributed by atoms with van der Waals surface area (Å²) in [6.07, 6.45) is 0. The molecule has 0 aliphatic rings. The van der Waals surface area contributed by atoms with Crippen LogP contribution < -0.4 is 29.4 Å². The first-order valence-corrected chi connectivity index (χ1v) is 41.6. The number of benzene rings is 19. The maximum Gasteiger partial charge on any atom is 0.0992 e. The third-order valence-electron chi connectivity index (χ3n) is 22.4. The molecule has 0 fully saturated rings. The lowest BCUT2D eigenvalue weighted by Gasteiger charge is -2.28. The van der Waals surface area contributed by atoms with Crippen molar-refractivity contribution in [3.63, 3.8) is 0 Å². The van der Waals surface area contributed by atoms with Gasteiger partial charge in [0.25, 0.3) is 0 Å². The van der Waals surface area contributed by atoms with E-state index in [2.05, 4.69) is 505 Å². The maximum atomic E-state index is 9.32. The Hall–Kier alpha value is -16.3. The lowest BCUT2D eigenvalue weighted by Crippen LogP contribution is -2.12. The van der Waals surface area contributed by atoms with Gasteiger partial charge >= 0.3 is 0 Å². The van der Waals surface area contributed by atoms with Gasteiger partial charge in [0, 0.05) is 112 Å². The van der Waals surface area contributed by atoms with Crippen molar-refractivity contribution in [3.8, 4) is 72.8 Å². The molecule has 7 heteroatoms. The number of fused-ring (bicyclic) bond motifs is 1. The fraction of sp³-hybridized carbons (Fsp3) is 0.0259. The van der Waals surface area contributed by atoms with Crippen LogP contribution in [0.15, 0.2) is 497 Å². The van der Waals surface area contributed by atoms with Crippen LogP contribution in [0.1, 0.15) is 5.56 Å². The van der Waals surface area contributed by atoms with Crippen LogP contribution in [0.5, 0.6) is 0 Å². The molecule has 0 radical (unpaired) electrons. The Kier molecular flexibility index (Phi) is 24.5. The summed E-state index contributed by atoms with van der Waals surface area (Å²) in [5, 5.41) is 11.8. The van der Waals surface area contributed by atoms with Gasteiger partial charge in [-0.1, -0.05) is 315 Å². The van der Waals surface area contributed by atoms with E-state index in [1.807, 2.05) is 49.5 Å². The molecule has 123 heavy (non-hydrogen) atoms. The zero-order valence-electron chi connectivity index (χ0n) is 69.0. The minimum atomic E-state index is 0.648. The smallest absolute Gasteiger partial charge is 0.0992 e. The van der Waals surface area contributed by atoms with Crippen molar-refractivity contribution in [2.75, 3.05) is 50.5 Å². The van der Waals surface area contributed by atoms with E-state index >= 15 is 0 Å². The standard InChI is InChI=1S/C41H32N2.C38H29N3.C37H30N2/c1-42(41-24-12-18-33-17-8-9-23-40(33)41)36-25-27-37(28-26-36)43(38-21-10-19-34(29-38)31-13-4-2-5-14-31)39-22-11-20-35(30-39)32-15-6-3-7-16-32;1-40(38-14-8-9-29(27-38)28-39)34-23-25-37(26-24-34)41(35-19-15-32(16-20-35)30-10-4-2-5-11-30)36-21-17-33(18-22-36)31-12-6-3-7-13-31;1-38(33-19-9-4-10-20-33)34-23-25-35(26-24-34)39(36-21-11-17-31(27-36)29-13-5-2-6-14-29)37-22-12-18-32(28-37)30-15-7-3-8-16-30/h2-30H,1H3;2-27H,1H3;2-28H,1H3. The highest BCUT2D eigenvalue weighted by Crippen LogP contribution is 2.44. The Morgan fingerprint density at radius 3 is 0.732 bits per heavy atom. The predicted octanol–water partition coefficient (Wildman–Crippen LogP) is 31.8. The van der Waals surface area contributed by atoms with Gasteiger partial charge in [0.2, 0.25) is 0 Å². The molecule has 0 bridgehead atoms. The molecule has 7 nitrogen and oxygen atoms in total. The van der Waals surface area contributed by atoms with Crippen LogP contribution in [-0.4, -0.2) is 21.1 Å². The van der Waals surface area contributed by atoms with E-state index in [-0.39, 0.29) is 0 Å². The van der Waals surface area contributed by atoms with Gasteiger partial charge in [0.15, 0.2) is 0 Å². The fourth-order valence-corrected chi connectivity index (χ4v) is 15.9. The maximum absolute atomic E-state index is 9.32. The Morgan fingerprint density at radius 2 is 0.382 bits per heavy atom. The van der Waals surface area contributed by atoms with Crippen molar-refractivity contribution in [2.24, 2.45) is 0 Å². The number of rotatable bonds is 21. The highest BCUT2D eigenvalue weighted by molar-refractivity contribution is 5.96. The molecule has 0 heterocycles. The molecule has 0 saturated heterocycles. The number of nitriles is 1. The Labute approximate surface area is 723 Å². The average molecular weight is 1580 g/mol. The van der Waals surface area contributed by atoms with Crippen molar-refractivity contribution in [1.29, 1.82) is 5.26 Å². The van der Waals surface area contributed by atoms with E-state index in [4.69, 9.17) is 0 Å². The molecule has 0 spiro atoms. The van der Waals surface area contributed by atoms with E-state index in [9.17, 15) is 5.26 Å². The van der Waals surface area contributed by atoms with Crippen molar-refractivity contribution < 1.29 is 0 Å². The van der Waals surface area contributed by atoms with Gasteiger partial charge < -0.3 is 29.4 Å². The lowest BCUT2D eigenvalue weighted by atomic mass is 10.0. The van der Waals surface area contributed by atoms with Gasteiger partial charge in [0.05, 0.1) is 11.6 Å². The SMILES string of the molecule is CN(c1ccc(N(c2ccc(-c3ccccc3)cc2)c2ccc(-c3ccccc3)cc2)cc1)c1cccc(C#N)c1.CN(c1ccc(N(c2cccc(-c3ccccc3)c2)c2cccc(-c3ccccc3)c2)cc1)c1cccc2ccccc12.CN(c1ccccc1)c1ccc(N(c2cccc(-c3ccccc3)c2)c2cccc(-c3ccccc3)c2)cc1. The molecule has 0 aromatic heterocycles. The van der Waals surface area contributed by atoms with Crippen LogP contribution in [0, 0.1) is 11.3 Å². The molecule has 19 aromatic carbocycles. The molecular weight excluding hydrogens is 1490 g/mol. The van der Waals surface area contributed by atoms with Crippen LogP contribution in [0.25, 0.3) is 77.5 Å². The Morgan fingerprint density at radius 1 is 0.163 bits per heavy atom. The van der Waals surface area contributed by atoms with Gasteiger partial charge in [-0.3, -0.25) is 0 Å². The van der Waals surface area contributed by atoms with Gasteiger partial charge in [-0.2, -0.15) is 5.26 Å². The molecule has 0 atom stereocenters. The van der Waals surface area contributed by atoms with Crippen LogP contribution in [0.2, 0.25) is 0 Å². The molecule has 0 amide bonds. The lowest BCUT2D eigenvalue weighted by molar-refractivity contribution is 1.20. The number of hydrogen-bond donors (Lipinski definition) is 0. The molecule has 0 aliphatic heterocycles. The van der Waals surface area contributed by atoms with E-state index < -0.39 is 0 Å². The molecule has 590 valence electrons. The van der Waals surface area contributed by atoms with Crippen molar-refractivity contribution >= 4 is 96.1 Å². The summed E-state index contributed by atoms with van der Waals surface area (Å²) in [6, 6.07) is 177. The first-order valence-electron chi connectivity index (χ1n) is 41.6. The second-order valence-electron chi connectivity index (χ2n) is 30.2. The van der Waals surface area contributed by atoms with Gasteiger partial charge in [-0.15, -0.1) is 0 Å². The van der Waals surface area contributed by atoms with E-state index in [0.29, 0.717) is 5.56 Å². The number of anilines is 15. The monoisotopic (exact) mass is 1580 g/mol. The Balaban J connectivity index is 0.000000131. The summed E-state index contributed by atoms with van der Waals surface area (Å²) in [4.78, 5) is 13.5. The molecule has 19 aromatic rings. The quantitative estimate of drug-likeness (QED) is 0.0710.